The normalized spacial score (nSPS) is 12.6. The van der Waals surface area contributed by atoms with Crippen LogP contribution in [0.3, 0.4) is 0 Å². The van der Waals surface area contributed by atoms with E-state index in [9.17, 15) is 0 Å². The second-order valence-corrected chi connectivity index (χ2v) is 19.7. The lowest BCUT2D eigenvalue weighted by Crippen LogP contribution is -2.54. The topological polar surface area (TPSA) is 127 Å². The number of hydrogen-bond donors (Lipinski definition) is 4. The molecule has 0 unspecified atom stereocenters. The van der Waals surface area contributed by atoms with Crippen molar-refractivity contribution in [3.63, 3.8) is 0 Å². The van der Waals surface area contributed by atoms with Crippen LogP contribution < -0.4 is 11.5 Å². The van der Waals surface area contributed by atoms with E-state index in [-0.39, 0.29) is 11.1 Å². The van der Waals surface area contributed by atoms with Crippen molar-refractivity contribution in [2.45, 2.75) is 324 Å². The van der Waals surface area contributed by atoms with Crippen LogP contribution in [0, 0.1) is 10.8 Å². The Bertz CT molecular complexity index is 886. The molecule has 6 nitrogen and oxygen atoms in total. The van der Waals surface area contributed by atoms with Gasteiger partial charge >= 0.3 is 10.4 Å². The highest BCUT2D eigenvalue weighted by Crippen LogP contribution is 2.46. The van der Waals surface area contributed by atoms with E-state index in [0.29, 0.717) is 10.8 Å². The minimum Gasteiger partial charge on any atom is -0.325 e. The molecule has 0 saturated carbocycles. The van der Waals surface area contributed by atoms with E-state index in [1.165, 1.54) is 218 Å². The third kappa shape index (κ3) is 31.3. The summed E-state index contributed by atoms with van der Waals surface area (Å²) in [6.07, 6.45) is 52.3. The molecule has 0 fully saturated rings. The van der Waals surface area contributed by atoms with E-state index >= 15 is 0 Å². The fraction of sp³-hybridized carbons (Fsp3) is 1.00. The first kappa shape index (κ1) is 63.1. The molecule has 0 aromatic rings. The zero-order chi connectivity index (χ0) is 45.4. The van der Waals surface area contributed by atoms with Crippen molar-refractivity contribution < 1.29 is 17.5 Å². The van der Waals surface area contributed by atoms with Gasteiger partial charge in [0.1, 0.15) is 0 Å². The average Bonchev–Trinajstić information content (AvgIpc) is 3.23. The maximum absolute atomic E-state index is 8.74. The predicted octanol–water partition coefficient (Wildman–Crippen LogP) is 17.7. The number of nitrogens with two attached hydrogens (primary N) is 2. The summed E-state index contributed by atoms with van der Waals surface area (Å²) in [6.45, 7) is 23.2. The fourth-order valence-corrected chi connectivity index (χ4v) is 10.4. The third-order valence-electron chi connectivity index (χ3n) is 15.4. The lowest BCUT2D eigenvalue weighted by atomic mass is 9.61. The lowest BCUT2D eigenvalue weighted by molar-refractivity contribution is 0.0801. The molecule has 360 valence electrons. The Labute approximate surface area is 373 Å². The van der Waals surface area contributed by atoms with Crippen molar-refractivity contribution in [1.82, 2.24) is 0 Å². The fourth-order valence-electron chi connectivity index (χ4n) is 10.4. The van der Waals surface area contributed by atoms with Crippen LogP contribution in [0.2, 0.25) is 0 Å². The molecular formula is C52H112N2O4S. The first-order chi connectivity index (χ1) is 28.1. The Morgan fingerprint density at radius 3 is 0.593 bits per heavy atom. The SMILES string of the molecule is CCCCCCCCCCCCCCCCC(CC)(CC)C(N)(CC)CC.CCCCCCCCCCCCCCCCC(CC)(CC)C(N)(CC)CC.O=S(=O)(O)O. The molecule has 0 aliphatic rings. The van der Waals surface area contributed by atoms with Gasteiger partial charge in [-0.05, 0) is 75.0 Å². The molecular weight excluding hydrogens is 749 g/mol. The largest absolute Gasteiger partial charge is 0.394 e. The van der Waals surface area contributed by atoms with Crippen LogP contribution in [0.25, 0.3) is 0 Å². The van der Waals surface area contributed by atoms with Crippen molar-refractivity contribution in [2.24, 2.45) is 22.3 Å². The molecule has 0 saturated heterocycles. The zero-order valence-electron chi connectivity index (χ0n) is 42.1. The maximum atomic E-state index is 8.74. The van der Waals surface area contributed by atoms with Gasteiger partial charge in [0, 0.05) is 11.1 Å². The highest BCUT2D eigenvalue weighted by atomic mass is 32.3. The molecule has 7 heteroatoms. The molecule has 59 heavy (non-hydrogen) atoms. The number of rotatable bonds is 40. The molecule has 0 aromatic carbocycles. The first-order valence-corrected chi connectivity index (χ1v) is 27.8. The van der Waals surface area contributed by atoms with Gasteiger partial charge in [-0.15, -0.1) is 0 Å². The van der Waals surface area contributed by atoms with Gasteiger partial charge in [-0.3, -0.25) is 9.11 Å². The third-order valence-corrected chi connectivity index (χ3v) is 15.4. The molecule has 0 atom stereocenters. The van der Waals surface area contributed by atoms with Gasteiger partial charge in [0.15, 0.2) is 0 Å². The van der Waals surface area contributed by atoms with Crippen LogP contribution in [0.1, 0.15) is 313 Å². The second kappa shape index (κ2) is 40.6. The van der Waals surface area contributed by atoms with Crippen LogP contribution in [-0.2, 0) is 10.4 Å². The Morgan fingerprint density at radius 2 is 0.458 bits per heavy atom. The maximum Gasteiger partial charge on any atom is 0.394 e. The highest BCUT2D eigenvalue weighted by Gasteiger charge is 2.44. The van der Waals surface area contributed by atoms with Gasteiger partial charge < -0.3 is 11.5 Å². The lowest BCUT2D eigenvalue weighted by Gasteiger charge is -2.48. The summed E-state index contributed by atoms with van der Waals surface area (Å²) < 4.78 is 31.6. The van der Waals surface area contributed by atoms with Gasteiger partial charge in [0.2, 0.25) is 0 Å². The van der Waals surface area contributed by atoms with Gasteiger partial charge in [-0.25, -0.2) is 0 Å². The molecule has 0 heterocycles. The van der Waals surface area contributed by atoms with Crippen molar-refractivity contribution in [3.8, 4) is 0 Å². The summed E-state index contributed by atoms with van der Waals surface area (Å²) in [5.74, 6) is 0. The quantitative estimate of drug-likeness (QED) is 0.0359. The van der Waals surface area contributed by atoms with Crippen LogP contribution in [0.5, 0.6) is 0 Å². The van der Waals surface area contributed by atoms with E-state index in [4.69, 9.17) is 29.0 Å². The summed E-state index contributed by atoms with van der Waals surface area (Å²) in [5.41, 5.74) is 14.5. The van der Waals surface area contributed by atoms with Gasteiger partial charge in [-0.2, -0.15) is 8.42 Å². The molecule has 0 radical (unpaired) electrons. The van der Waals surface area contributed by atoms with E-state index in [2.05, 4.69) is 69.2 Å². The molecule has 0 amide bonds. The van der Waals surface area contributed by atoms with E-state index in [1.807, 2.05) is 0 Å². The molecule has 0 aliphatic heterocycles. The van der Waals surface area contributed by atoms with E-state index < -0.39 is 10.4 Å². The Kier molecular flexibility index (Phi) is 43.4. The van der Waals surface area contributed by atoms with Crippen LogP contribution in [0.15, 0.2) is 0 Å². The first-order valence-electron chi connectivity index (χ1n) is 26.4. The summed E-state index contributed by atoms with van der Waals surface area (Å²) in [7, 11) is -4.67. The number of hydrogen-bond acceptors (Lipinski definition) is 4. The second-order valence-electron chi connectivity index (χ2n) is 18.8. The molecule has 0 aromatic heterocycles. The summed E-state index contributed by atoms with van der Waals surface area (Å²) in [5, 5.41) is 0. The summed E-state index contributed by atoms with van der Waals surface area (Å²) >= 11 is 0. The minimum absolute atomic E-state index is 0.0348. The standard InChI is InChI=1S/2C26H55N.H2O4S/c2*1-6-11-12-13-14-15-16-17-18-19-20-21-22-23-24-25(7-2,8-3)26(27,9-4)10-5;1-5(2,3)4/h2*6-24,27H2,1-5H3;(H2,1,2,3,4). The molecule has 0 rings (SSSR count). The monoisotopic (exact) mass is 861 g/mol. The van der Waals surface area contributed by atoms with E-state index in [0.717, 1.165) is 25.7 Å². The number of unbranched alkanes of at least 4 members (excludes halogenated alkanes) is 26. The minimum atomic E-state index is -4.67. The molecule has 0 bridgehead atoms. The molecule has 6 N–H and O–H groups in total. The smallest absolute Gasteiger partial charge is 0.325 e. The summed E-state index contributed by atoms with van der Waals surface area (Å²) in [6, 6.07) is 0. The Morgan fingerprint density at radius 1 is 0.305 bits per heavy atom. The van der Waals surface area contributed by atoms with Crippen molar-refractivity contribution in [3.05, 3.63) is 0 Å². The summed E-state index contributed by atoms with van der Waals surface area (Å²) in [4.78, 5) is 0. The Hall–Kier alpha value is -0.210. The van der Waals surface area contributed by atoms with E-state index in [1.54, 1.807) is 0 Å². The van der Waals surface area contributed by atoms with Crippen LogP contribution in [0.4, 0.5) is 0 Å². The van der Waals surface area contributed by atoms with Crippen molar-refractivity contribution >= 4 is 10.4 Å². The van der Waals surface area contributed by atoms with Crippen LogP contribution in [-0.4, -0.2) is 28.6 Å². The van der Waals surface area contributed by atoms with Gasteiger partial charge in [-0.1, -0.05) is 249 Å². The Balaban J connectivity index is -0.000000951. The zero-order valence-corrected chi connectivity index (χ0v) is 43.0. The average molecular weight is 862 g/mol. The van der Waals surface area contributed by atoms with Crippen molar-refractivity contribution in [2.75, 3.05) is 0 Å². The van der Waals surface area contributed by atoms with Crippen molar-refractivity contribution in [1.29, 1.82) is 0 Å². The predicted molar refractivity (Wildman–Crippen MR) is 265 cm³/mol. The van der Waals surface area contributed by atoms with Gasteiger partial charge in [0.25, 0.3) is 0 Å². The van der Waals surface area contributed by atoms with Crippen LogP contribution >= 0.6 is 0 Å². The highest BCUT2D eigenvalue weighted by molar-refractivity contribution is 7.79. The molecule has 0 spiro atoms. The van der Waals surface area contributed by atoms with Gasteiger partial charge in [0.05, 0.1) is 0 Å². The molecule has 0 aliphatic carbocycles.